The molecule has 0 bridgehead atoms. The first-order valence-electron chi connectivity index (χ1n) is 6.98. The van der Waals surface area contributed by atoms with Crippen LogP contribution in [0.3, 0.4) is 0 Å². The minimum atomic E-state index is -0.345. The Hall–Kier alpha value is -1.55. The van der Waals surface area contributed by atoms with E-state index >= 15 is 0 Å². The third kappa shape index (κ3) is 1.82. The Morgan fingerprint density at radius 2 is 1.79 bits per heavy atom. The van der Waals surface area contributed by atoms with Crippen molar-refractivity contribution in [1.29, 1.82) is 0 Å². The molecule has 0 unspecified atom stereocenters. The lowest BCUT2D eigenvalue weighted by Crippen LogP contribution is -2.55. The number of para-hydroxylation sites is 1. The van der Waals surface area contributed by atoms with E-state index in [0.717, 1.165) is 25.9 Å². The highest BCUT2D eigenvalue weighted by atomic mass is 16.2. The van der Waals surface area contributed by atoms with Crippen molar-refractivity contribution >= 4 is 11.6 Å². The van der Waals surface area contributed by atoms with E-state index in [9.17, 15) is 4.79 Å². The van der Waals surface area contributed by atoms with Crippen LogP contribution in [0.25, 0.3) is 0 Å². The molecule has 0 radical (unpaired) electrons. The summed E-state index contributed by atoms with van der Waals surface area (Å²) in [6, 6.07) is 6.33. The molecule has 3 rings (SSSR count). The van der Waals surface area contributed by atoms with E-state index in [1.54, 1.807) is 0 Å². The molecule has 0 atom stereocenters. The fourth-order valence-corrected chi connectivity index (χ4v) is 3.45. The summed E-state index contributed by atoms with van der Waals surface area (Å²) in [5, 5.41) is 6.39. The molecule has 0 saturated carbocycles. The fourth-order valence-electron chi connectivity index (χ4n) is 3.45. The Morgan fingerprint density at radius 3 is 2.42 bits per heavy atom. The average molecular weight is 259 g/mol. The van der Waals surface area contributed by atoms with Crippen molar-refractivity contribution in [2.24, 2.45) is 0 Å². The van der Waals surface area contributed by atoms with Gasteiger partial charge in [-0.3, -0.25) is 4.79 Å². The highest BCUT2D eigenvalue weighted by molar-refractivity contribution is 5.94. The molecule has 0 aromatic heterocycles. The highest BCUT2D eigenvalue weighted by Crippen LogP contribution is 2.37. The zero-order valence-electron chi connectivity index (χ0n) is 11.6. The normalized spacial score (nSPS) is 21.8. The molecule has 1 aromatic rings. The number of hydrogen-bond donors (Lipinski definition) is 2. The molecule has 2 aliphatic heterocycles. The number of anilines is 1. The molecular formula is C15H21N3O. The number of rotatable bonds is 1. The summed E-state index contributed by atoms with van der Waals surface area (Å²) in [6.07, 6.45) is 1.76. The van der Waals surface area contributed by atoms with Crippen LogP contribution in [-0.4, -0.2) is 31.2 Å². The smallest absolute Gasteiger partial charge is 0.247 e. The van der Waals surface area contributed by atoms with E-state index in [4.69, 9.17) is 0 Å². The molecule has 4 heteroatoms. The molecule has 1 amide bonds. The first-order valence-corrected chi connectivity index (χ1v) is 6.98. The van der Waals surface area contributed by atoms with Crippen LogP contribution in [0, 0.1) is 13.8 Å². The number of nitrogens with zero attached hydrogens (tertiary/aromatic N) is 1. The topological polar surface area (TPSA) is 44.4 Å². The molecule has 1 aromatic carbocycles. The van der Waals surface area contributed by atoms with Gasteiger partial charge in [-0.1, -0.05) is 18.2 Å². The summed E-state index contributed by atoms with van der Waals surface area (Å²) >= 11 is 0. The van der Waals surface area contributed by atoms with E-state index in [0.29, 0.717) is 6.67 Å². The summed E-state index contributed by atoms with van der Waals surface area (Å²) in [6.45, 7) is 6.70. The highest BCUT2D eigenvalue weighted by Gasteiger charge is 2.49. The van der Waals surface area contributed by atoms with Gasteiger partial charge in [-0.05, 0) is 50.9 Å². The van der Waals surface area contributed by atoms with Crippen LogP contribution in [0.1, 0.15) is 24.0 Å². The predicted molar refractivity (Wildman–Crippen MR) is 76.2 cm³/mol. The third-order valence-corrected chi connectivity index (χ3v) is 4.48. The number of amides is 1. The Labute approximate surface area is 114 Å². The molecule has 2 aliphatic rings. The zero-order chi connectivity index (χ0) is 13.5. The number of nitrogens with one attached hydrogen (secondary N) is 2. The van der Waals surface area contributed by atoms with Crippen LogP contribution < -0.4 is 15.5 Å². The minimum Gasteiger partial charge on any atom is -0.339 e. The molecule has 1 spiro atoms. The summed E-state index contributed by atoms with van der Waals surface area (Å²) in [7, 11) is 0. The van der Waals surface area contributed by atoms with E-state index in [1.165, 1.54) is 16.8 Å². The maximum Gasteiger partial charge on any atom is 0.247 e. The number of hydrogen-bond acceptors (Lipinski definition) is 3. The minimum absolute atomic E-state index is 0.191. The molecule has 2 heterocycles. The average Bonchev–Trinajstić information content (AvgIpc) is 2.69. The number of piperidine rings is 1. The summed E-state index contributed by atoms with van der Waals surface area (Å²) < 4.78 is 0. The fraction of sp³-hybridized carbons (Fsp3) is 0.533. The molecule has 19 heavy (non-hydrogen) atoms. The van der Waals surface area contributed by atoms with Crippen molar-refractivity contribution in [2.75, 3.05) is 24.7 Å². The monoisotopic (exact) mass is 259 g/mol. The number of aryl methyl sites for hydroxylation is 2. The second-order valence-electron chi connectivity index (χ2n) is 5.61. The van der Waals surface area contributed by atoms with Gasteiger partial charge in [0.2, 0.25) is 5.91 Å². The van der Waals surface area contributed by atoms with Gasteiger partial charge >= 0.3 is 0 Å². The van der Waals surface area contributed by atoms with Crippen LogP contribution in [0.15, 0.2) is 18.2 Å². The SMILES string of the molecule is Cc1cccc(C)c1N1CNC(=O)C12CCNCC2. The molecule has 4 nitrogen and oxygen atoms in total. The second kappa shape index (κ2) is 4.53. The summed E-state index contributed by atoms with van der Waals surface area (Å²) in [5.74, 6) is 0.191. The van der Waals surface area contributed by atoms with E-state index in [2.05, 4.69) is 47.6 Å². The van der Waals surface area contributed by atoms with Gasteiger partial charge in [0.1, 0.15) is 5.54 Å². The van der Waals surface area contributed by atoms with Gasteiger partial charge in [-0.2, -0.15) is 0 Å². The van der Waals surface area contributed by atoms with Crippen molar-refractivity contribution in [3.05, 3.63) is 29.3 Å². The maximum absolute atomic E-state index is 12.4. The second-order valence-corrected chi connectivity index (χ2v) is 5.61. The Kier molecular flexibility index (Phi) is 2.97. The van der Waals surface area contributed by atoms with Crippen molar-refractivity contribution in [3.8, 4) is 0 Å². The Morgan fingerprint density at radius 1 is 1.16 bits per heavy atom. The lowest BCUT2D eigenvalue weighted by molar-refractivity contribution is -0.124. The van der Waals surface area contributed by atoms with Crippen molar-refractivity contribution < 1.29 is 4.79 Å². The predicted octanol–water partition coefficient (Wildman–Crippen LogP) is 1.32. The lowest BCUT2D eigenvalue weighted by atomic mass is 9.86. The Bertz CT molecular complexity index is 486. The lowest BCUT2D eigenvalue weighted by Gasteiger charge is -2.41. The number of carbonyl (C=O) groups excluding carboxylic acids is 1. The first-order chi connectivity index (χ1) is 9.15. The van der Waals surface area contributed by atoms with Gasteiger partial charge < -0.3 is 15.5 Å². The van der Waals surface area contributed by atoms with Gasteiger partial charge in [0.15, 0.2) is 0 Å². The molecular weight excluding hydrogens is 238 g/mol. The van der Waals surface area contributed by atoms with Crippen molar-refractivity contribution in [1.82, 2.24) is 10.6 Å². The van der Waals surface area contributed by atoms with Crippen LogP contribution in [-0.2, 0) is 4.79 Å². The van der Waals surface area contributed by atoms with Crippen molar-refractivity contribution in [2.45, 2.75) is 32.2 Å². The maximum atomic E-state index is 12.4. The Balaban J connectivity index is 2.06. The summed E-state index contributed by atoms with van der Waals surface area (Å²) in [5.41, 5.74) is 3.37. The quantitative estimate of drug-likeness (QED) is 0.799. The number of benzene rings is 1. The summed E-state index contributed by atoms with van der Waals surface area (Å²) in [4.78, 5) is 14.7. The molecule has 2 saturated heterocycles. The zero-order valence-corrected chi connectivity index (χ0v) is 11.6. The van der Waals surface area contributed by atoms with Gasteiger partial charge in [0.05, 0.1) is 6.67 Å². The third-order valence-electron chi connectivity index (χ3n) is 4.48. The van der Waals surface area contributed by atoms with E-state index in [-0.39, 0.29) is 11.4 Å². The van der Waals surface area contributed by atoms with Gasteiger partial charge in [-0.15, -0.1) is 0 Å². The van der Waals surface area contributed by atoms with Crippen LogP contribution in [0.5, 0.6) is 0 Å². The van der Waals surface area contributed by atoms with Crippen LogP contribution >= 0.6 is 0 Å². The largest absolute Gasteiger partial charge is 0.339 e. The van der Waals surface area contributed by atoms with Crippen LogP contribution in [0.2, 0.25) is 0 Å². The van der Waals surface area contributed by atoms with E-state index < -0.39 is 0 Å². The molecule has 102 valence electrons. The molecule has 0 aliphatic carbocycles. The van der Waals surface area contributed by atoms with Gasteiger partial charge in [-0.25, -0.2) is 0 Å². The molecule has 2 fully saturated rings. The van der Waals surface area contributed by atoms with Crippen molar-refractivity contribution in [3.63, 3.8) is 0 Å². The van der Waals surface area contributed by atoms with Gasteiger partial charge in [0.25, 0.3) is 0 Å². The first kappa shape index (κ1) is 12.5. The van der Waals surface area contributed by atoms with Gasteiger partial charge in [0, 0.05) is 5.69 Å². The molecule has 2 N–H and O–H groups in total. The van der Waals surface area contributed by atoms with Crippen LogP contribution in [0.4, 0.5) is 5.69 Å². The number of carbonyl (C=O) groups is 1. The standard InChI is InChI=1S/C15H21N3O/c1-11-4-3-5-12(2)13(11)18-10-17-14(19)15(18)6-8-16-9-7-15/h3-5,16H,6-10H2,1-2H3,(H,17,19). The van der Waals surface area contributed by atoms with E-state index in [1.807, 2.05) is 0 Å².